The van der Waals surface area contributed by atoms with Gasteiger partial charge < -0.3 is 14.7 Å². The maximum Gasteiger partial charge on any atom is 0.271 e. The summed E-state index contributed by atoms with van der Waals surface area (Å²) in [5.74, 6) is 1.05. The summed E-state index contributed by atoms with van der Waals surface area (Å²) in [4.78, 5) is 27.0. The average Bonchev–Trinajstić information content (AvgIpc) is 2.84. The number of phenols is 1. The van der Waals surface area contributed by atoms with Crippen LogP contribution in [-0.4, -0.2) is 47.7 Å². The standard InChI is InChI=1S/C27H28ClN3O4/c1-17-11-18(2)15-31(14-17)26(33)16-35-25-10-8-20(21-5-3-4-6-22(21)25)13-29-30-27(34)19-7-9-24(32)23(28)12-19/h3-10,12-13,17-18,32H,11,14-16H2,1-2H3,(H,30,34)/b29-13+. The number of rotatable bonds is 6. The van der Waals surface area contributed by atoms with Crippen molar-refractivity contribution in [2.45, 2.75) is 20.3 Å². The molecule has 0 saturated carbocycles. The Hall–Kier alpha value is -3.58. The van der Waals surface area contributed by atoms with Gasteiger partial charge in [0.2, 0.25) is 0 Å². The number of likely N-dealkylation sites (tertiary alicyclic amines) is 1. The van der Waals surface area contributed by atoms with Crippen molar-refractivity contribution in [2.24, 2.45) is 16.9 Å². The molecule has 0 bridgehead atoms. The zero-order valence-corrected chi connectivity index (χ0v) is 20.5. The lowest BCUT2D eigenvalue weighted by molar-refractivity contribution is -0.136. The van der Waals surface area contributed by atoms with E-state index in [0.717, 1.165) is 35.8 Å². The molecule has 1 aliphatic heterocycles. The highest BCUT2D eigenvalue weighted by molar-refractivity contribution is 6.32. The van der Waals surface area contributed by atoms with Crippen molar-refractivity contribution in [3.05, 3.63) is 70.7 Å². The Bertz CT molecular complexity index is 1270. The highest BCUT2D eigenvalue weighted by Crippen LogP contribution is 2.28. The van der Waals surface area contributed by atoms with E-state index in [-0.39, 0.29) is 28.8 Å². The number of halogens is 1. The van der Waals surface area contributed by atoms with E-state index < -0.39 is 5.91 Å². The summed E-state index contributed by atoms with van der Waals surface area (Å²) >= 11 is 5.87. The first-order valence-corrected chi connectivity index (χ1v) is 11.9. The van der Waals surface area contributed by atoms with Gasteiger partial charge in [0.1, 0.15) is 11.5 Å². The summed E-state index contributed by atoms with van der Waals surface area (Å²) < 4.78 is 5.94. The molecular weight excluding hydrogens is 466 g/mol. The molecule has 3 aromatic carbocycles. The number of piperidine rings is 1. The summed E-state index contributed by atoms with van der Waals surface area (Å²) in [6, 6.07) is 15.5. The van der Waals surface area contributed by atoms with E-state index in [1.165, 1.54) is 18.2 Å². The van der Waals surface area contributed by atoms with Gasteiger partial charge in [0, 0.05) is 29.6 Å². The third kappa shape index (κ3) is 5.92. The quantitative estimate of drug-likeness (QED) is 0.379. The Morgan fingerprint density at radius 1 is 1.11 bits per heavy atom. The van der Waals surface area contributed by atoms with E-state index in [9.17, 15) is 14.7 Å². The first-order valence-electron chi connectivity index (χ1n) is 11.6. The number of carbonyl (C=O) groups is 2. The molecule has 7 nitrogen and oxygen atoms in total. The predicted octanol–water partition coefficient (Wildman–Crippen LogP) is 4.85. The molecule has 182 valence electrons. The van der Waals surface area contributed by atoms with Crippen LogP contribution in [0.15, 0.2) is 59.7 Å². The summed E-state index contributed by atoms with van der Waals surface area (Å²) in [5, 5.41) is 15.4. The molecule has 4 rings (SSSR count). The van der Waals surface area contributed by atoms with Crippen LogP contribution >= 0.6 is 11.6 Å². The number of amides is 2. The van der Waals surface area contributed by atoms with Crippen molar-refractivity contribution >= 4 is 40.4 Å². The van der Waals surface area contributed by atoms with Gasteiger partial charge in [-0.05, 0) is 54.0 Å². The van der Waals surface area contributed by atoms with Gasteiger partial charge in [0.25, 0.3) is 11.8 Å². The number of fused-ring (bicyclic) bond motifs is 1. The van der Waals surface area contributed by atoms with Gasteiger partial charge in [0.15, 0.2) is 6.61 Å². The number of nitrogens with zero attached hydrogens (tertiary/aromatic N) is 2. The highest BCUT2D eigenvalue weighted by atomic mass is 35.5. The van der Waals surface area contributed by atoms with E-state index >= 15 is 0 Å². The molecule has 3 aromatic rings. The third-order valence-corrected chi connectivity index (χ3v) is 6.37. The van der Waals surface area contributed by atoms with Crippen molar-refractivity contribution in [1.82, 2.24) is 10.3 Å². The first kappa shape index (κ1) is 24.5. The second-order valence-corrected chi connectivity index (χ2v) is 9.50. The topological polar surface area (TPSA) is 91.2 Å². The Kier molecular flexibility index (Phi) is 7.56. The van der Waals surface area contributed by atoms with Gasteiger partial charge in [-0.1, -0.05) is 49.7 Å². The minimum Gasteiger partial charge on any atom is -0.506 e. The van der Waals surface area contributed by atoms with Crippen LogP contribution < -0.4 is 10.2 Å². The molecule has 1 saturated heterocycles. The normalized spacial score (nSPS) is 18.1. The maximum atomic E-state index is 12.7. The second-order valence-electron chi connectivity index (χ2n) is 9.10. The van der Waals surface area contributed by atoms with Crippen LogP contribution in [0.2, 0.25) is 5.02 Å². The lowest BCUT2D eigenvalue weighted by Crippen LogP contribution is -2.44. The summed E-state index contributed by atoms with van der Waals surface area (Å²) in [6.45, 7) is 5.87. The molecule has 2 atom stereocenters. The molecule has 0 aromatic heterocycles. The maximum absolute atomic E-state index is 12.7. The summed E-state index contributed by atoms with van der Waals surface area (Å²) in [7, 11) is 0. The van der Waals surface area contributed by atoms with Crippen molar-refractivity contribution < 1.29 is 19.4 Å². The van der Waals surface area contributed by atoms with E-state index in [2.05, 4.69) is 24.4 Å². The molecule has 1 heterocycles. The molecule has 1 fully saturated rings. The minimum atomic E-state index is -0.452. The van der Waals surface area contributed by atoms with Crippen LogP contribution in [0.5, 0.6) is 11.5 Å². The van der Waals surface area contributed by atoms with Crippen molar-refractivity contribution in [1.29, 1.82) is 0 Å². The summed E-state index contributed by atoms with van der Waals surface area (Å²) in [5.41, 5.74) is 3.52. The Labute approximate surface area is 209 Å². The molecule has 0 radical (unpaired) electrons. The van der Waals surface area contributed by atoms with Gasteiger partial charge in [-0.25, -0.2) is 5.43 Å². The lowest BCUT2D eigenvalue weighted by atomic mass is 9.92. The molecule has 8 heteroatoms. The largest absolute Gasteiger partial charge is 0.506 e. The second kappa shape index (κ2) is 10.8. The molecule has 0 aliphatic carbocycles. The first-order chi connectivity index (χ1) is 16.8. The summed E-state index contributed by atoms with van der Waals surface area (Å²) in [6.07, 6.45) is 2.69. The van der Waals surface area contributed by atoms with E-state index in [1.807, 2.05) is 35.2 Å². The third-order valence-electron chi connectivity index (χ3n) is 6.07. The van der Waals surface area contributed by atoms with Crippen LogP contribution in [-0.2, 0) is 4.79 Å². The number of hydrogen-bond donors (Lipinski definition) is 2. The SMILES string of the molecule is CC1CC(C)CN(C(=O)COc2ccc(/C=N/NC(=O)c3ccc(O)c(Cl)c3)c3ccccc23)C1. The van der Waals surface area contributed by atoms with E-state index in [4.69, 9.17) is 16.3 Å². The molecular formula is C27H28ClN3O4. The Morgan fingerprint density at radius 2 is 1.83 bits per heavy atom. The molecule has 0 spiro atoms. The molecule has 2 N–H and O–H groups in total. The monoisotopic (exact) mass is 493 g/mol. The fourth-order valence-corrected chi connectivity index (χ4v) is 4.68. The zero-order valence-electron chi connectivity index (χ0n) is 19.7. The number of aromatic hydroxyl groups is 1. The fraction of sp³-hybridized carbons (Fsp3) is 0.296. The number of nitrogens with one attached hydrogen (secondary N) is 1. The Balaban J connectivity index is 1.45. The van der Waals surface area contributed by atoms with Crippen molar-refractivity contribution in [2.75, 3.05) is 19.7 Å². The lowest BCUT2D eigenvalue weighted by Gasteiger charge is -2.34. The number of benzene rings is 3. The van der Waals surface area contributed by atoms with E-state index in [0.29, 0.717) is 17.6 Å². The van der Waals surface area contributed by atoms with Crippen LogP contribution in [0.4, 0.5) is 0 Å². The number of phenolic OH excluding ortho intramolecular Hbond substituents is 1. The van der Waals surface area contributed by atoms with Crippen LogP contribution in [0.25, 0.3) is 10.8 Å². The smallest absolute Gasteiger partial charge is 0.271 e. The van der Waals surface area contributed by atoms with Gasteiger partial charge in [-0.15, -0.1) is 0 Å². The number of hydrogen-bond acceptors (Lipinski definition) is 5. The van der Waals surface area contributed by atoms with Crippen LogP contribution in [0, 0.1) is 11.8 Å². The average molecular weight is 494 g/mol. The number of ether oxygens (including phenoxy) is 1. The molecule has 35 heavy (non-hydrogen) atoms. The van der Waals surface area contributed by atoms with Gasteiger partial charge in [-0.2, -0.15) is 5.10 Å². The number of carbonyl (C=O) groups excluding carboxylic acids is 2. The molecule has 1 aliphatic rings. The zero-order chi connectivity index (χ0) is 24.9. The van der Waals surface area contributed by atoms with Gasteiger partial charge in [0.05, 0.1) is 11.2 Å². The predicted molar refractivity (Wildman–Crippen MR) is 137 cm³/mol. The molecule has 2 unspecified atom stereocenters. The van der Waals surface area contributed by atoms with Gasteiger partial charge >= 0.3 is 0 Å². The van der Waals surface area contributed by atoms with Crippen molar-refractivity contribution in [3.63, 3.8) is 0 Å². The van der Waals surface area contributed by atoms with Crippen molar-refractivity contribution in [3.8, 4) is 11.5 Å². The van der Waals surface area contributed by atoms with Crippen LogP contribution in [0.3, 0.4) is 0 Å². The van der Waals surface area contributed by atoms with E-state index in [1.54, 1.807) is 12.3 Å². The fourth-order valence-electron chi connectivity index (χ4n) is 4.50. The Morgan fingerprint density at radius 3 is 2.54 bits per heavy atom. The highest BCUT2D eigenvalue weighted by Gasteiger charge is 2.25. The minimum absolute atomic E-state index is 0.00448. The molecule has 2 amide bonds. The van der Waals surface area contributed by atoms with Crippen LogP contribution in [0.1, 0.15) is 36.2 Å². The number of hydrazone groups is 1. The van der Waals surface area contributed by atoms with Gasteiger partial charge in [-0.3, -0.25) is 9.59 Å².